The van der Waals surface area contributed by atoms with Crippen molar-refractivity contribution in [1.29, 1.82) is 0 Å². The molecule has 0 aliphatic heterocycles. The minimum Gasteiger partial charge on any atom is -0.319 e. The van der Waals surface area contributed by atoms with Crippen molar-refractivity contribution in [3.05, 3.63) is 51.9 Å². The summed E-state index contributed by atoms with van der Waals surface area (Å²) in [6.45, 7) is 6.89. The first-order chi connectivity index (χ1) is 11.5. The summed E-state index contributed by atoms with van der Waals surface area (Å²) < 4.78 is 64.3. The summed E-state index contributed by atoms with van der Waals surface area (Å²) in [5.41, 5.74) is 1.33. The molecular weight excluding hydrogens is 341 g/mol. The first kappa shape index (κ1) is 20.9. The van der Waals surface area contributed by atoms with Crippen LogP contribution >= 0.6 is 0 Å². The lowest BCUT2D eigenvalue weighted by molar-refractivity contribution is -0.0945. The van der Waals surface area contributed by atoms with Crippen LogP contribution in [0, 0.1) is 6.92 Å². The molecule has 0 heterocycles. The fourth-order valence-corrected chi connectivity index (χ4v) is 2.09. The Labute approximate surface area is 144 Å². The van der Waals surface area contributed by atoms with Gasteiger partial charge in [-0.25, -0.2) is 8.78 Å². The molecule has 0 bridgehead atoms. The molecule has 0 saturated carbocycles. The van der Waals surface area contributed by atoms with Crippen molar-refractivity contribution in [1.82, 2.24) is 5.32 Å². The van der Waals surface area contributed by atoms with E-state index in [-0.39, 0.29) is 18.3 Å². The normalized spacial score (nSPS) is 13.8. The highest BCUT2D eigenvalue weighted by Gasteiger charge is 2.38. The van der Waals surface area contributed by atoms with Gasteiger partial charge in [0.2, 0.25) is 0 Å². The van der Waals surface area contributed by atoms with Crippen molar-refractivity contribution in [2.24, 2.45) is 0 Å². The second-order valence-electron chi connectivity index (χ2n) is 5.30. The number of nitrogens with one attached hydrogen (secondary N) is 1. The van der Waals surface area contributed by atoms with E-state index in [1.165, 1.54) is 19.1 Å². The van der Waals surface area contributed by atoms with Crippen molar-refractivity contribution in [2.75, 3.05) is 0 Å². The Morgan fingerprint density at radius 2 is 1.80 bits per heavy atom. The van der Waals surface area contributed by atoms with Crippen LogP contribution in [0.4, 0.5) is 22.0 Å². The SMILES string of the molecule is CC.CCC(F)(F)c1ccc(C)c(C(=O)NC2=C=C(C(F)(F)F)C2)c1.[HH]. The van der Waals surface area contributed by atoms with E-state index in [9.17, 15) is 26.7 Å². The lowest BCUT2D eigenvalue weighted by atomic mass is 9.98. The topological polar surface area (TPSA) is 29.1 Å². The highest BCUT2D eigenvalue weighted by atomic mass is 19.4. The third kappa shape index (κ3) is 4.92. The van der Waals surface area contributed by atoms with Crippen LogP contribution in [0.3, 0.4) is 0 Å². The van der Waals surface area contributed by atoms with Gasteiger partial charge in [0.15, 0.2) is 0 Å². The number of hydrogen-bond acceptors (Lipinski definition) is 1. The summed E-state index contributed by atoms with van der Waals surface area (Å²) in [6.07, 6.45) is -5.33. The molecule has 1 aliphatic carbocycles. The zero-order valence-electron chi connectivity index (χ0n) is 14.4. The molecule has 0 atom stereocenters. The molecule has 0 saturated heterocycles. The Hall–Kier alpha value is -2.14. The van der Waals surface area contributed by atoms with Gasteiger partial charge in [-0.1, -0.05) is 38.6 Å². The predicted octanol–water partition coefficient (Wildman–Crippen LogP) is 5.87. The molecule has 2 rings (SSSR count). The maximum absolute atomic E-state index is 13.7. The van der Waals surface area contributed by atoms with Gasteiger partial charge in [-0.15, -0.1) is 0 Å². The van der Waals surface area contributed by atoms with E-state index in [0.717, 1.165) is 6.07 Å². The van der Waals surface area contributed by atoms with Gasteiger partial charge in [-0.05, 0) is 18.6 Å². The Morgan fingerprint density at radius 3 is 2.28 bits per heavy atom. The number of carbonyl (C=O) groups is 1. The molecule has 0 aromatic heterocycles. The smallest absolute Gasteiger partial charge is 0.319 e. The average molecular weight is 363 g/mol. The molecule has 0 radical (unpaired) electrons. The minimum absolute atomic E-state index is 0. The number of benzene rings is 1. The fraction of sp³-hybridized carbons (Fsp3) is 0.444. The largest absolute Gasteiger partial charge is 0.420 e. The maximum Gasteiger partial charge on any atom is 0.420 e. The van der Waals surface area contributed by atoms with Crippen LogP contribution in [0.25, 0.3) is 0 Å². The van der Waals surface area contributed by atoms with Crippen molar-refractivity contribution < 1.29 is 28.2 Å². The van der Waals surface area contributed by atoms with Gasteiger partial charge in [0.1, 0.15) is 0 Å². The Morgan fingerprint density at radius 1 is 1.24 bits per heavy atom. The molecule has 7 heteroatoms. The van der Waals surface area contributed by atoms with E-state index in [1.54, 1.807) is 6.92 Å². The molecule has 2 nitrogen and oxygen atoms in total. The molecule has 25 heavy (non-hydrogen) atoms. The van der Waals surface area contributed by atoms with E-state index < -0.39 is 36.4 Å². The maximum atomic E-state index is 13.7. The highest BCUT2D eigenvalue weighted by Crippen LogP contribution is 2.35. The van der Waals surface area contributed by atoms with Gasteiger partial charge in [0.25, 0.3) is 11.8 Å². The number of alkyl halides is 5. The van der Waals surface area contributed by atoms with Crippen molar-refractivity contribution in [2.45, 2.75) is 52.6 Å². The van der Waals surface area contributed by atoms with Crippen molar-refractivity contribution >= 4 is 5.91 Å². The van der Waals surface area contributed by atoms with Crippen LogP contribution < -0.4 is 5.32 Å². The molecule has 1 amide bonds. The number of aryl methyl sites for hydroxylation is 1. The molecule has 0 fully saturated rings. The fourth-order valence-electron chi connectivity index (χ4n) is 2.09. The summed E-state index contributed by atoms with van der Waals surface area (Å²) in [7, 11) is 0. The van der Waals surface area contributed by atoms with Crippen LogP contribution in [-0.4, -0.2) is 12.1 Å². The van der Waals surface area contributed by atoms with Crippen LogP contribution in [0.5, 0.6) is 0 Å². The number of amides is 1. The van der Waals surface area contributed by atoms with E-state index in [4.69, 9.17) is 0 Å². The number of hydrogen-bond donors (Lipinski definition) is 1. The van der Waals surface area contributed by atoms with Gasteiger partial charge in [-0.2, -0.15) is 13.2 Å². The zero-order chi connectivity index (χ0) is 19.4. The first-order valence-electron chi connectivity index (χ1n) is 7.90. The molecule has 1 aromatic carbocycles. The van der Waals surface area contributed by atoms with E-state index in [2.05, 4.69) is 5.32 Å². The first-order valence-corrected chi connectivity index (χ1v) is 7.90. The van der Waals surface area contributed by atoms with Gasteiger partial charge in [0.05, 0.1) is 11.3 Å². The highest BCUT2D eigenvalue weighted by molar-refractivity contribution is 5.97. The van der Waals surface area contributed by atoms with Crippen molar-refractivity contribution in [3.8, 4) is 0 Å². The lowest BCUT2D eigenvalue weighted by Gasteiger charge is -2.20. The Balaban J connectivity index is 0.00000201. The third-order valence-corrected chi connectivity index (χ3v) is 3.61. The molecule has 1 aromatic rings. The number of carbonyl (C=O) groups excluding carboxylic acids is 1. The molecule has 1 N–H and O–H groups in total. The van der Waals surface area contributed by atoms with Gasteiger partial charge in [0, 0.05) is 25.4 Å². The Bertz CT molecular complexity index is 719. The quantitative estimate of drug-likeness (QED) is 0.526. The molecule has 140 valence electrons. The van der Waals surface area contributed by atoms with E-state index in [0.29, 0.717) is 5.56 Å². The minimum atomic E-state index is -4.47. The second kappa shape index (κ2) is 7.83. The lowest BCUT2D eigenvalue weighted by Crippen LogP contribution is -2.29. The Kier molecular flexibility index (Phi) is 6.54. The molecular formula is C18H22F5NO. The van der Waals surface area contributed by atoms with Crippen LogP contribution in [0.15, 0.2) is 35.2 Å². The van der Waals surface area contributed by atoms with E-state index >= 15 is 0 Å². The second-order valence-corrected chi connectivity index (χ2v) is 5.30. The molecule has 1 aliphatic rings. The third-order valence-electron chi connectivity index (χ3n) is 3.61. The summed E-state index contributed by atoms with van der Waals surface area (Å²) in [6, 6.07) is 3.70. The molecule has 0 unspecified atom stereocenters. The average Bonchev–Trinajstić information content (AvgIpc) is 2.51. The molecule has 0 spiro atoms. The van der Waals surface area contributed by atoms with Gasteiger partial charge < -0.3 is 5.32 Å². The number of halogens is 5. The van der Waals surface area contributed by atoms with Crippen LogP contribution in [0.1, 0.15) is 56.5 Å². The van der Waals surface area contributed by atoms with E-state index in [1.807, 2.05) is 19.6 Å². The monoisotopic (exact) mass is 363 g/mol. The van der Waals surface area contributed by atoms with Crippen LogP contribution in [0.2, 0.25) is 0 Å². The van der Waals surface area contributed by atoms with Gasteiger partial charge in [-0.3, -0.25) is 4.79 Å². The van der Waals surface area contributed by atoms with Gasteiger partial charge >= 0.3 is 6.18 Å². The summed E-state index contributed by atoms with van der Waals surface area (Å²) in [5.74, 6) is -3.79. The standard InChI is InChI=1S/C16H14F5NO.C2H6.H2/c1-3-15(17,18)10-5-4-9(2)13(8-10)14(23)22-12-6-11(7-12)16(19,20)21;1-2;/h4-5,8H,3,6H2,1-2H3,(H,22,23);1-2H3;1H. The summed E-state index contributed by atoms with van der Waals surface area (Å²) >= 11 is 0. The zero-order valence-corrected chi connectivity index (χ0v) is 14.4. The van der Waals surface area contributed by atoms with Crippen molar-refractivity contribution in [3.63, 3.8) is 0 Å². The summed E-state index contributed by atoms with van der Waals surface area (Å²) in [5, 5.41) is 2.27. The summed E-state index contributed by atoms with van der Waals surface area (Å²) in [4.78, 5) is 12.1. The predicted molar refractivity (Wildman–Crippen MR) is 87.5 cm³/mol. The van der Waals surface area contributed by atoms with Crippen LogP contribution in [-0.2, 0) is 5.92 Å². The number of rotatable bonds is 4.